The number of sulfonamides is 1. The minimum Gasteiger partial charge on any atom is -0.484 e. The summed E-state index contributed by atoms with van der Waals surface area (Å²) in [6.45, 7) is 7.00. The molecule has 0 saturated heterocycles. The summed E-state index contributed by atoms with van der Waals surface area (Å²) in [7, 11) is -3.57. The Morgan fingerprint density at radius 2 is 1.86 bits per heavy atom. The van der Waals surface area contributed by atoms with E-state index < -0.39 is 10.0 Å². The lowest BCUT2D eigenvalue weighted by atomic mass is 10.1. The second kappa shape index (κ2) is 9.54. The zero-order chi connectivity index (χ0) is 20.9. The maximum atomic E-state index is 12.2. The van der Waals surface area contributed by atoms with Crippen LogP contribution in [0.25, 0.3) is 0 Å². The summed E-state index contributed by atoms with van der Waals surface area (Å²) < 4.78 is 33.5. The summed E-state index contributed by atoms with van der Waals surface area (Å²) >= 11 is 3.41. The smallest absolute Gasteiger partial charge is 0.258 e. The van der Waals surface area contributed by atoms with E-state index in [0.717, 1.165) is 10.0 Å². The first-order valence-electron chi connectivity index (χ1n) is 8.89. The summed E-state index contributed by atoms with van der Waals surface area (Å²) in [5, 5.41) is 2.88. The molecule has 0 aliphatic rings. The molecule has 28 heavy (non-hydrogen) atoms. The molecule has 6 nitrogen and oxygen atoms in total. The van der Waals surface area contributed by atoms with Gasteiger partial charge in [0.25, 0.3) is 5.91 Å². The SMILES string of the molecule is Cc1cc(S(=O)(=O)NC(C)C)ccc1OCC(=O)NC(C)c1cccc(Br)c1. The largest absolute Gasteiger partial charge is 0.484 e. The number of rotatable bonds is 8. The molecule has 0 bridgehead atoms. The molecule has 0 fully saturated rings. The Bertz CT molecular complexity index is 945. The third kappa shape index (κ3) is 6.32. The maximum absolute atomic E-state index is 12.2. The average molecular weight is 469 g/mol. The van der Waals surface area contributed by atoms with Crippen molar-refractivity contribution in [2.45, 2.75) is 44.7 Å². The Kier molecular flexibility index (Phi) is 7.63. The Balaban J connectivity index is 1.98. The number of nitrogens with one attached hydrogen (secondary N) is 2. The summed E-state index contributed by atoms with van der Waals surface area (Å²) in [5.74, 6) is 0.207. The first-order valence-corrected chi connectivity index (χ1v) is 11.2. The maximum Gasteiger partial charge on any atom is 0.258 e. The van der Waals surface area contributed by atoms with Crippen LogP contribution < -0.4 is 14.8 Å². The third-order valence-corrected chi connectivity index (χ3v) is 6.08. The van der Waals surface area contributed by atoms with Gasteiger partial charge >= 0.3 is 0 Å². The van der Waals surface area contributed by atoms with Crippen LogP contribution in [0, 0.1) is 6.92 Å². The molecule has 0 heterocycles. The number of hydrogen-bond acceptors (Lipinski definition) is 4. The van der Waals surface area contributed by atoms with Gasteiger partial charge in [-0.15, -0.1) is 0 Å². The van der Waals surface area contributed by atoms with Crippen molar-refractivity contribution in [2.75, 3.05) is 6.61 Å². The summed E-state index contributed by atoms with van der Waals surface area (Å²) in [6, 6.07) is 11.9. The topological polar surface area (TPSA) is 84.5 Å². The first-order chi connectivity index (χ1) is 13.1. The number of benzene rings is 2. The van der Waals surface area contributed by atoms with Gasteiger partial charge in [-0.3, -0.25) is 4.79 Å². The van der Waals surface area contributed by atoms with Crippen LogP contribution in [0.2, 0.25) is 0 Å². The van der Waals surface area contributed by atoms with Crippen molar-refractivity contribution in [3.05, 3.63) is 58.1 Å². The molecule has 2 rings (SSSR count). The Morgan fingerprint density at radius 1 is 1.14 bits per heavy atom. The first kappa shape index (κ1) is 22.4. The van der Waals surface area contributed by atoms with Gasteiger partial charge in [0.2, 0.25) is 10.0 Å². The van der Waals surface area contributed by atoms with E-state index in [9.17, 15) is 13.2 Å². The van der Waals surface area contributed by atoms with Crippen molar-refractivity contribution < 1.29 is 17.9 Å². The highest BCUT2D eigenvalue weighted by atomic mass is 79.9. The molecule has 0 aliphatic carbocycles. The minimum atomic E-state index is -3.57. The Labute approximate surface area is 174 Å². The zero-order valence-electron chi connectivity index (χ0n) is 16.3. The van der Waals surface area contributed by atoms with Crippen LogP contribution in [0.5, 0.6) is 5.75 Å². The molecule has 152 valence electrons. The van der Waals surface area contributed by atoms with Gasteiger partial charge in [-0.1, -0.05) is 28.1 Å². The quantitative estimate of drug-likeness (QED) is 0.618. The second-order valence-electron chi connectivity index (χ2n) is 6.84. The van der Waals surface area contributed by atoms with Gasteiger partial charge in [0.1, 0.15) is 5.75 Å². The molecular formula is C20H25BrN2O4S. The van der Waals surface area contributed by atoms with Crippen LogP contribution in [0.3, 0.4) is 0 Å². The average Bonchev–Trinajstić information content (AvgIpc) is 2.59. The van der Waals surface area contributed by atoms with Gasteiger partial charge in [0, 0.05) is 10.5 Å². The lowest BCUT2D eigenvalue weighted by Crippen LogP contribution is -2.31. The van der Waals surface area contributed by atoms with E-state index in [0.29, 0.717) is 11.3 Å². The van der Waals surface area contributed by atoms with Crippen molar-refractivity contribution in [1.82, 2.24) is 10.0 Å². The third-order valence-electron chi connectivity index (χ3n) is 3.93. The van der Waals surface area contributed by atoms with Gasteiger partial charge in [-0.2, -0.15) is 0 Å². The zero-order valence-corrected chi connectivity index (χ0v) is 18.7. The fourth-order valence-electron chi connectivity index (χ4n) is 2.62. The van der Waals surface area contributed by atoms with Gasteiger partial charge in [0.15, 0.2) is 6.61 Å². The summed E-state index contributed by atoms with van der Waals surface area (Å²) in [4.78, 5) is 12.4. The van der Waals surface area contributed by atoms with Crippen molar-refractivity contribution in [3.63, 3.8) is 0 Å². The lowest BCUT2D eigenvalue weighted by molar-refractivity contribution is -0.123. The van der Waals surface area contributed by atoms with Crippen LogP contribution in [0.15, 0.2) is 51.8 Å². The molecule has 8 heteroatoms. The fourth-order valence-corrected chi connectivity index (χ4v) is 4.37. The number of hydrogen-bond donors (Lipinski definition) is 2. The van der Waals surface area contributed by atoms with E-state index in [2.05, 4.69) is 26.0 Å². The number of ether oxygens (including phenoxy) is 1. The van der Waals surface area contributed by atoms with Gasteiger partial charge < -0.3 is 10.1 Å². The molecule has 1 unspecified atom stereocenters. The molecule has 2 aromatic rings. The van der Waals surface area contributed by atoms with E-state index >= 15 is 0 Å². The minimum absolute atomic E-state index is 0.157. The number of amides is 1. The number of carbonyl (C=O) groups excluding carboxylic acids is 1. The molecule has 0 saturated carbocycles. The van der Waals surface area contributed by atoms with Crippen molar-refractivity contribution in [3.8, 4) is 5.75 Å². The van der Waals surface area contributed by atoms with Gasteiger partial charge in [-0.05, 0) is 69.2 Å². The molecule has 0 aromatic heterocycles. The normalized spacial score (nSPS) is 12.6. The van der Waals surface area contributed by atoms with Crippen LogP contribution in [-0.4, -0.2) is 27.0 Å². The number of aryl methyl sites for hydroxylation is 1. The van der Waals surface area contributed by atoms with Gasteiger partial charge in [0.05, 0.1) is 10.9 Å². The molecule has 2 aromatic carbocycles. The number of carbonyl (C=O) groups is 1. The predicted molar refractivity (Wildman–Crippen MR) is 113 cm³/mol. The van der Waals surface area contributed by atoms with E-state index in [1.807, 2.05) is 31.2 Å². The summed E-state index contributed by atoms with van der Waals surface area (Å²) in [5.41, 5.74) is 1.62. The molecule has 1 atom stereocenters. The van der Waals surface area contributed by atoms with Crippen molar-refractivity contribution >= 4 is 31.9 Å². The lowest BCUT2D eigenvalue weighted by Gasteiger charge is -2.16. The van der Waals surface area contributed by atoms with E-state index in [-0.39, 0.29) is 29.5 Å². The highest BCUT2D eigenvalue weighted by Crippen LogP contribution is 2.22. The monoisotopic (exact) mass is 468 g/mol. The fraction of sp³-hybridized carbons (Fsp3) is 0.350. The van der Waals surface area contributed by atoms with Gasteiger partial charge in [-0.25, -0.2) is 13.1 Å². The van der Waals surface area contributed by atoms with E-state index in [4.69, 9.17) is 4.74 Å². The Hall–Kier alpha value is -1.90. The Morgan fingerprint density at radius 3 is 2.46 bits per heavy atom. The van der Waals surface area contributed by atoms with Crippen molar-refractivity contribution in [1.29, 1.82) is 0 Å². The highest BCUT2D eigenvalue weighted by Gasteiger charge is 2.17. The van der Waals surface area contributed by atoms with E-state index in [1.165, 1.54) is 12.1 Å². The van der Waals surface area contributed by atoms with E-state index in [1.54, 1.807) is 26.8 Å². The molecule has 0 aliphatic heterocycles. The van der Waals surface area contributed by atoms with Crippen molar-refractivity contribution in [2.24, 2.45) is 0 Å². The van der Waals surface area contributed by atoms with Crippen LogP contribution in [0.4, 0.5) is 0 Å². The molecule has 2 N–H and O–H groups in total. The highest BCUT2D eigenvalue weighted by molar-refractivity contribution is 9.10. The summed E-state index contributed by atoms with van der Waals surface area (Å²) in [6.07, 6.45) is 0. The standard InChI is InChI=1S/C20H25BrN2O4S/c1-13(2)23-28(25,26)18-8-9-19(14(3)10-18)27-12-20(24)22-15(4)16-6-5-7-17(21)11-16/h5-11,13,15,23H,12H2,1-4H3,(H,22,24). The predicted octanol–water partition coefficient (Wildman–Crippen LogP) is 3.70. The molecule has 0 radical (unpaired) electrons. The van der Waals surface area contributed by atoms with Crippen LogP contribution >= 0.6 is 15.9 Å². The molecular weight excluding hydrogens is 444 g/mol. The second-order valence-corrected chi connectivity index (χ2v) is 9.47. The molecule has 1 amide bonds. The molecule has 0 spiro atoms. The number of halogens is 1. The van der Waals surface area contributed by atoms with Crippen LogP contribution in [0.1, 0.15) is 37.9 Å². The van der Waals surface area contributed by atoms with Crippen LogP contribution in [-0.2, 0) is 14.8 Å².